The van der Waals surface area contributed by atoms with E-state index < -0.39 is 34.5 Å². The van der Waals surface area contributed by atoms with E-state index in [9.17, 15) is 24.5 Å². The maximum absolute atomic E-state index is 13.6. The third kappa shape index (κ3) is 3.90. The number of nitrogens with one attached hydrogen (secondary N) is 1. The molecule has 1 heterocycles. The predicted molar refractivity (Wildman–Crippen MR) is 114 cm³/mol. The maximum atomic E-state index is 13.6. The summed E-state index contributed by atoms with van der Waals surface area (Å²) in [5.41, 5.74) is 2.28. The van der Waals surface area contributed by atoms with Crippen molar-refractivity contribution in [2.45, 2.75) is 40.0 Å². The smallest absolute Gasteiger partial charge is 0.336 e. The molecule has 0 saturated carbocycles. The zero-order valence-electron chi connectivity index (χ0n) is 18.7. The van der Waals surface area contributed by atoms with Crippen molar-refractivity contribution in [3.05, 3.63) is 62.0 Å². The van der Waals surface area contributed by atoms with Crippen LogP contribution in [-0.2, 0) is 23.9 Å². The van der Waals surface area contributed by atoms with Crippen LogP contribution >= 0.6 is 0 Å². The number of hydrogen-bond donors (Lipinski definition) is 1. The van der Waals surface area contributed by atoms with Crippen molar-refractivity contribution in [2.75, 3.05) is 13.7 Å². The molecular weight excluding hydrogens is 416 g/mol. The molecule has 0 unspecified atom stereocenters. The number of allylic oxidation sites excluding steroid dienone is 3. The van der Waals surface area contributed by atoms with Gasteiger partial charge >= 0.3 is 11.9 Å². The lowest BCUT2D eigenvalue weighted by atomic mass is 9.69. The fourth-order valence-corrected chi connectivity index (χ4v) is 4.50. The number of Topliss-reactive ketones (excluding diaryl/α,β-unsaturated/α-hetero) is 1. The number of ether oxygens (including phenoxy) is 2. The van der Waals surface area contributed by atoms with Gasteiger partial charge in [0.2, 0.25) is 0 Å². The van der Waals surface area contributed by atoms with Crippen molar-refractivity contribution >= 4 is 23.4 Å². The highest BCUT2D eigenvalue weighted by molar-refractivity contribution is 6.12. The molecule has 170 valence electrons. The summed E-state index contributed by atoms with van der Waals surface area (Å²) in [7, 11) is 1.22. The van der Waals surface area contributed by atoms with Gasteiger partial charge in [-0.1, -0.05) is 19.1 Å². The number of ketones is 1. The molecule has 32 heavy (non-hydrogen) atoms. The van der Waals surface area contributed by atoms with Gasteiger partial charge in [0.25, 0.3) is 5.69 Å². The monoisotopic (exact) mass is 442 g/mol. The number of nitro groups is 1. The molecule has 1 aromatic rings. The van der Waals surface area contributed by atoms with E-state index in [-0.39, 0.29) is 29.4 Å². The molecule has 3 atom stereocenters. The van der Waals surface area contributed by atoms with Crippen LogP contribution in [0.1, 0.15) is 44.2 Å². The summed E-state index contributed by atoms with van der Waals surface area (Å²) in [5, 5.41) is 14.7. The number of carbonyl (C=O) groups excluding carboxylic acids is 3. The first-order valence-corrected chi connectivity index (χ1v) is 10.4. The summed E-state index contributed by atoms with van der Waals surface area (Å²) >= 11 is 0. The molecule has 9 nitrogen and oxygen atoms in total. The SMILES string of the molecule is CCOC(=O)C1=C(C)NC2=C(C(=O)[C@H](C(=O)OC)[C@@H](C)C2)[C@@H]1c1ccc(C)c([N+](=O)[O-])c1. The van der Waals surface area contributed by atoms with Crippen molar-refractivity contribution in [1.82, 2.24) is 5.32 Å². The van der Waals surface area contributed by atoms with Crippen LogP contribution in [0.25, 0.3) is 0 Å². The number of methoxy groups -OCH3 is 1. The number of esters is 2. The second-order valence-corrected chi connectivity index (χ2v) is 8.06. The Bertz CT molecular complexity index is 1070. The predicted octanol–water partition coefficient (Wildman–Crippen LogP) is 3.08. The summed E-state index contributed by atoms with van der Waals surface area (Å²) < 4.78 is 10.1. The highest BCUT2D eigenvalue weighted by Crippen LogP contribution is 2.46. The van der Waals surface area contributed by atoms with Crippen molar-refractivity contribution in [3.63, 3.8) is 0 Å². The van der Waals surface area contributed by atoms with Gasteiger partial charge in [-0.3, -0.25) is 19.7 Å². The first-order chi connectivity index (χ1) is 15.1. The fourth-order valence-electron chi connectivity index (χ4n) is 4.50. The van der Waals surface area contributed by atoms with Crippen molar-refractivity contribution < 1.29 is 28.8 Å². The van der Waals surface area contributed by atoms with E-state index >= 15 is 0 Å². The Hall–Kier alpha value is -3.49. The third-order valence-electron chi connectivity index (χ3n) is 6.00. The lowest BCUT2D eigenvalue weighted by Crippen LogP contribution is -2.43. The molecule has 3 rings (SSSR count). The first-order valence-electron chi connectivity index (χ1n) is 10.4. The van der Waals surface area contributed by atoms with Gasteiger partial charge in [-0.05, 0) is 38.7 Å². The molecule has 0 amide bonds. The minimum Gasteiger partial charge on any atom is -0.468 e. The molecule has 1 N–H and O–H groups in total. The maximum Gasteiger partial charge on any atom is 0.336 e. The van der Waals surface area contributed by atoms with Crippen molar-refractivity contribution in [3.8, 4) is 0 Å². The quantitative estimate of drug-likeness (QED) is 0.319. The molecule has 1 aliphatic carbocycles. The zero-order chi connectivity index (χ0) is 23.7. The van der Waals surface area contributed by atoms with Crippen molar-refractivity contribution in [1.29, 1.82) is 0 Å². The lowest BCUT2D eigenvalue weighted by Gasteiger charge is -2.38. The second kappa shape index (κ2) is 8.94. The summed E-state index contributed by atoms with van der Waals surface area (Å²) in [6, 6.07) is 4.62. The Morgan fingerprint density at radius 3 is 2.56 bits per heavy atom. The summed E-state index contributed by atoms with van der Waals surface area (Å²) in [5.74, 6) is -3.97. The van der Waals surface area contributed by atoms with Crippen LogP contribution in [0, 0.1) is 28.9 Å². The van der Waals surface area contributed by atoms with Crippen LogP contribution in [0.4, 0.5) is 5.69 Å². The van der Waals surface area contributed by atoms with Crippen molar-refractivity contribution in [2.24, 2.45) is 11.8 Å². The van der Waals surface area contributed by atoms with Crippen LogP contribution in [0.15, 0.2) is 40.7 Å². The van der Waals surface area contributed by atoms with Gasteiger partial charge < -0.3 is 14.8 Å². The van der Waals surface area contributed by atoms with Gasteiger partial charge in [0.1, 0.15) is 5.92 Å². The molecule has 2 aliphatic rings. The zero-order valence-corrected chi connectivity index (χ0v) is 18.7. The third-order valence-corrected chi connectivity index (χ3v) is 6.00. The number of dihydropyridines is 1. The molecule has 1 aliphatic heterocycles. The summed E-state index contributed by atoms with van der Waals surface area (Å²) in [4.78, 5) is 49.9. The molecule has 1 aromatic carbocycles. The Morgan fingerprint density at radius 1 is 1.28 bits per heavy atom. The van der Waals surface area contributed by atoms with Crippen LogP contribution < -0.4 is 5.32 Å². The average Bonchev–Trinajstić information content (AvgIpc) is 2.72. The Kier molecular flexibility index (Phi) is 6.47. The molecule has 0 aromatic heterocycles. The van der Waals surface area contributed by atoms with E-state index in [4.69, 9.17) is 9.47 Å². The van der Waals surface area contributed by atoms with E-state index in [0.29, 0.717) is 28.9 Å². The first kappa shape index (κ1) is 23.2. The molecular formula is C23H26N2O7. The number of nitrogens with zero attached hydrogens (tertiary/aromatic N) is 1. The molecule has 0 spiro atoms. The highest BCUT2D eigenvalue weighted by atomic mass is 16.6. The number of hydrogen-bond acceptors (Lipinski definition) is 8. The summed E-state index contributed by atoms with van der Waals surface area (Å²) in [6.07, 6.45) is 0.388. The number of rotatable bonds is 5. The topological polar surface area (TPSA) is 125 Å². The van der Waals surface area contributed by atoms with Crippen LogP contribution in [-0.4, -0.2) is 36.4 Å². The Balaban J connectivity index is 2.25. The summed E-state index contributed by atoms with van der Waals surface area (Å²) in [6.45, 7) is 6.89. The van der Waals surface area contributed by atoms with E-state index in [2.05, 4.69) is 5.32 Å². The average molecular weight is 442 g/mol. The van der Waals surface area contributed by atoms with E-state index in [1.165, 1.54) is 13.2 Å². The normalized spacial score (nSPS) is 22.8. The van der Waals surface area contributed by atoms with Gasteiger partial charge in [-0.2, -0.15) is 0 Å². The van der Waals surface area contributed by atoms with Gasteiger partial charge in [0.15, 0.2) is 5.78 Å². The number of carbonyl (C=O) groups is 3. The number of aryl methyl sites for hydroxylation is 1. The molecule has 0 bridgehead atoms. The molecule has 0 fully saturated rings. The highest BCUT2D eigenvalue weighted by Gasteiger charge is 2.47. The minimum atomic E-state index is -1.02. The fraction of sp³-hybridized carbons (Fsp3) is 0.435. The molecule has 0 radical (unpaired) electrons. The largest absolute Gasteiger partial charge is 0.468 e. The van der Waals surface area contributed by atoms with Gasteiger partial charge in [0.05, 0.1) is 24.2 Å². The lowest BCUT2D eigenvalue weighted by molar-refractivity contribution is -0.385. The standard InChI is InChI=1S/C23H26N2O7/c1-6-32-23(28)18-13(4)24-15-9-12(3)17(22(27)31-5)21(26)20(15)19(18)14-8-7-11(2)16(10-14)25(29)30/h7-8,10,12,17,19,24H,6,9H2,1-5H3/t12-,17+,19+/m0/s1. The molecule has 9 heteroatoms. The van der Waals surface area contributed by atoms with E-state index in [1.54, 1.807) is 39.8 Å². The molecule has 0 saturated heterocycles. The second-order valence-electron chi connectivity index (χ2n) is 8.06. The number of nitro benzene ring substituents is 1. The minimum absolute atomic E-state index is 0.120. The van der Waals surface area contributed by atoms with Crippen LogP contribution in [0.5, 0.6) is 0 Å². The van der Waals surface area contributed by atoms with Gasteiger partial charge in [-0.25, -0.2) is 4.79 Å². The van der Waals surface area contributed by atoms with Gasteiger partial charge in [-0.15, -0.1) is 0 Å². The van der Waals surface area contributed by atoms with Crippen LogP contribution in [0.2, 0.25) is 0 Å². The van der Waals surface area contributed by atoms with Crippen LogP contribution in [0.3, 0.4) is 0 Å². The van der Waals surface area contributed by atoms with Gasteiger partial charge in [0, 0.05) is 34.5 Å². The number of benzene rings is 1. The Morgan fingerprint density at radius 2 is 1.97 bits per heavy atom. The van der Waals surface area contributed by atoms with E-state index in [1.807, 2.05) is 0 Å². The van der Waals surface area contributed by atoms with E-state index in [0.717, 1.165) is 0 Å². The Labute approximate surface area is 185 Å².